The van der Waals surface area contributed by atoms with Crippen molar-refractivity contribution in [1.82, 2.24) is 0 Å². The first-order chi connectivity index (χ1) is 4.54. The molecule has 0 aliphatic carbocycles. The number of hydrogen-bond acceptors (Lipinski definition) is 5. The first-order valence-electron chi connectivity index (χ1n) is 1.80. The third kappa shape index (κ3) is 24.9. The molecule has 0 aromatic heterocycles. The van der Waals surface area contributed by atoms with E-state index >= 15 is 0 Å². The zero-order valence-corrected chi connectivity index (χ0v) is 6.34. The van der Waals surface area contributed by atoms with Gasteiger partial charge in [-0.2, -0.15) is 16.8 Å². The lowest BCUT2D eigenvalue weighted by Crippen LogP contribution is -1.92. The van der Waals surface area contributed by atoms with Gasteiger partial charge in [0.1, 0.15) is 0 Å². The van der Waals surface area contributed by atoms with Crippen molar-refractivity contribution < 1.29 is 28.3 Å². The SMILES string of the molecule is O=C(O)CS.O=S(O)OO. The lowest BCUT2D eigenvalue weighted by Gasteiger charge is -1.73. The maximum atomic E-state index is 9.29. The predicted molar refractivity (Wildman–Crippen MR) is 36.0 cm³/mol. The number of thiol groups is 1. The first-order valence-corrected chi connectivity index (χ1v) is 3.46. The van der Waals surface area contributed by atoms with Crippen molar-refractivity contribution in [2.24, 2.45) is 0 Å². The molecule has 0 amide bonds. The van der Waals surface area contributed by atoms with Crippen LogP contribution in [0.15, 0.2) is 0 Å². The molecule has 6 nitrogen and oxygen atoms in total. The van der Waals surface area contributed by atoms with Crippen LogP contribution in [0.2, 0.25) is 0 Å². The molecule has 0 bridgehead atoms. The van der Waals surface area contributed by atoms with Crippen LogP contribution in [0, 0.1) is 0 Å². The Morgan fingerprint density at radius 2 is 1.90 bits per heavy atom. The zero-order valence-electron chi connectivity index (χ0n) is 4.63. The number of carboxylic acid groups (broad SMARTS) is 1. The maximum Gasteiger partial charge on any atom is 0.330 e. The van der Waals surface area contributed by atoms with Gasteiger partial charge in [-0.3, -0.25) is 9.35 Å². The van der Waals surface area contributed by atoms with Gasteiger partial charge in [0.05, 0.1) is 5.75 Å². The van der Waals surface area contributed by atoms with E-state index in [1.54, 1.807) is 0 Å². The third-order valence-electron chi connectivity index (χ3n) is 0.199. The van der Waals surface area contributed by atoms with Crippen LogP contribution in [-0.2, 0) is 20.5 Å². The van der Waals surface area contributed by atoms with Gasteiger partial charge in [0, 0.05) is 0 Å². The fourth-order valence-electron chi connectivity index (χ4n) is 0. The van der Waals surface area contributed by atoms with E-state index in [-0.39, 0.29) is 5.75 Å². The molecule has 0 aliphatic heterocycles. The molecule has 0 aliphatic rings. The largest absolute Gasteiger partial charge is 0.481 e. The van der Waals surface area contributed by atoms with Crippen LogP contribution in [0.4, 0.5) is 0 Å². The number of carboxylic acids is 1. The fraction of sp³-hybridized carbons (Fsp3) is 0.500. The molecule has 62 valence electrons. The highest BCUT2D eigenvalue weighted by atomic mass is 32.2. The van der Waals surface area contributed by atoms with Crippen molar-refractivity contribution in [3.8, 4) is 0 Å². The van der Waals surface area contributed by atoms with E-state index in [1.807, 2.05) is 0 Å². The maximum absolute atomic E-state index is 9.29. The van der Waals surface area contributed by atoms with Gasteiger partial charge < -0.3 is 5.11 Å². The van der Waals surface area contributed by atoms with E-state index in [2.05, 4.69) is 17.0 Å². The van der Waals surface area contributed by atoms with E-state index in [0.717, 1.165) is 0 Å². The molecule has 0 fully saturated rings. The summed E-state index contributed by atoms with van der Waals surface area (Å²) in [7, 11) is 0. The summed E-state index contributed by atoms with van der Waals surface area (Å²) in [6, 6.07) is 0. The lowest BCUT2D eigenvalue weighted by atomic mass is 10.8. The Hall–Kier alpha value is -0.150. The number of hydrogen-bond donors (Lipinski definition) is 4. The average molecular weight is 190 g/mol. The second-order valence-corrected chi connectivity index (χ2v) is 1.74. The molecule has 0 radical (unpaired) electrons. The van der Waals surface area contributed by atoms with Crippen LogP contribution < -0.4 is 0 Å². The van der Waals surface area contributed by atoms with E-state index in [0.29, 0.717) is 0 Å². The van der Waals surface area contributed by atoms with Gasteiger partial charge in [0.2, 0.25) is 0 Å². The van der Waals surface area contributed by atoms with Gasteiger partial charge in [0.15, 0.2) is 0 Å². The summed E-state index contributed by atoms with van der Waals surface area (Å²) in [5.41, 5.74) is 0. The topological polar surface area (TPSA) is 104 Å². The van der Waals surface area contributed by atoms with Gasteiger partial charge >= 0.3 is 17.3 Å². The van der Waals surface area contributed by atoms with Crippen molar-refractivity contribution in [2.75, 3.05) is 5.75 Å². The number of carbonyl (C=O) groups is 1. The van der Waals surface area contributed by atoms with Crippen molar-refractivity contribution in [1.29, 1.82) is 0 Å². The smallest absolute Gasteiger partial charge is 0.330 e. The van der Waals surface area contributed by atoms with Crippen molar-refractivity contribution >= 4 is 30.0 Å². The van der Waals surface area contributed by atoms with Gasteiger partial charge in [-0.25, -0.2) is 5.26 Å². The summed E-state index contributed by atoms with van der Waals surface area (Å²) >= 11 is 0.899. The summed E-state index contributed by atoms with van der Waals surface area (Å²) in [6.45, 7) is 0. The highest BCUT2D eigenvalue weighted by Gasteiger charge is 1.81. The van der Waals surface area contributed by atoms with Crippen LogP contribution in [-0.4, -0.2) is 30.8 Å². The Bertz CT molecular complexity index is 98.3. The van der Waals surface area contributed by atoms with Crippen molar-refractivity contribution in [3.63, 3.8) is 0 Å². The molecular weight excluding hydrogens is 184 g/mol. The van der Waals surface area contributed by atoms with Gasteiger partial charge in [-0.05, 0) is 0 Å². The molecule has 8 heteroatoms. The lowest BCUT2D eigenvalue weighted by molar-refractivity contribution is -0.133. The predicted octanol–water partition coefficient (Wildman–Crippen LogP) is -0.386. The van der Waals surface area contributed by atoms with Crippen LogP contribution in [0.1, 0.15) is 0 Å². The monoisotopic (exact) mass is 190 g/mol. The highest BCUT2D eigenvalue weighted by Crippen LogP contribution is 1.66. The van der Waals surface area contributed by atoms with E-state index in [1.165, 1.54) is 0 Å². The Balaban J connectivity index is 0. The van der Waals surface area contributed by atoms with E-state index < -0.39 is 17.3 Å². The highest BCUT2D eigenvalue weighted by molar-refractivity contribution is 7.81. The molecule has 0 heterocycles. The van der Waals surface area contributed by atoms with Crippen molar-refractivity contribution in [2.45, 2.75) is 0 Å². The Kier molecular flexibility index (Phi) is 11.1. The third-order valence-corrected chi connectivity index (χ3v) is 0.597. The molecule has 10 heavy (non-hydrogen) atoms. The Morgan fingerprint density at radius 1 is 1.70 bits per heavy atom. The molecule has 3 N–H and O–H groups in total. The Morgan fingerprint density at radius 3 is 1.90 bits per heavy atom. The normalized spacial score (nSPS) is 11.1. The summed E-state index contributed by atoms with van der Waals surface area (Å²) < 4.78 is 19.1. The molecular formula is C2H6O6S2. The number of aliphatic carboxylic acids is 1. The van der Waals surface area contributed by atoms with E-state index in [4.69, 9.17) is 19.1 Å². The summed E-state index contributed by atoms with van der Waals surface area (Å²) in [4.78, 5) is 9.29. The van der Waals surface area contributed by atoms with Gasteiger partial charge in [-0.1, -0.05) is 0 Å². The van der Waals surface area contributed by atoms with Crippen LogP contribution in [0.5, 0.6) is 0 Å². The number of rotatable bonds is 2. The summed E-state index contributed by atoms with van der Waals surface area (Å²) in [5.74, 6) is -0.965. The second-order valence-electron chi connectivity index (χ2n) is 0.844. The molecule has 0 rings (SSSR count). The molecule has 0 spiro atoms. The molecule has 1 atom stereocenters. The summed E-state index contributed by atoms with van der Waals surface area (Å²) in [6.07, 6.45) is 0. The van der Waals surface area contributed by atoms with Crippen LogP contribution >= 0.6 is 12.6 Å². The molecule has 1 unspecified atom stereocenters. The molecule has 0 saturated carbocycles. The minimum Gasteiger partial charge on any atom is -0.481 e. The fourth-order valence-corrected chi connectivity index (χ4v) is 0. The molecule has 0 saturated heterocycles. The van der Waals surface area contributed by atoms with Crippen LogP contribution in [0.25, 0.3) is 0 Å². The molecule has 0 aromatic rings. The second kappa shape index (κ2) is 8.85. The van der Waals surface area contributed by atoms with E-state index in [9.17, 15) is 4.79 Å². The zero-order chi connectivity index (χ0) is 8.57. The standard InChI is InChI=1S/C2H4O2S.H2O4S/c3-2(4)1-5;1-4-5(2)3/h5H,1H2,(H,3,4);1H,(H,2,3). The summed E-state index contributed by atoms with van der Waals surface area (Å²) in [5, 5.41) is 14.7. The Labute approximate surface area is 64.6 Å². The van der Waals surface area contributed by atoms with Gasteiger partial charge in [0.25, 0.3) is 0 Å². The minimum absolute atomic E-state index is 0.0833. The van der Waals surface area contributed by atoms with Crippen molar-refractivity contribution in [3.05, 3.63) is 0 Å². The first kappa shape index (κ1) is 12.5. The quantitative estimate of drug-likeness (QED) is 0.205. The van der Waals surface area contributed by atoms with Crippen LogP contribution in [0.3, 0.4) is 0 Å². The average Bonchev–Trinajstić information content (AvgIpc) is 1.89. The minimum atomic E-state index is -2.52. The molecule has 0 aromatic carbocycles. The van der Waals surface area contributed by atoms with Gasteiger partial charge in [-0.15, -0.1) is 4.33 Å².